The molecule has 0 saturated heterocycles. The van der Waals surface area contributed by atoms with Crippen molar-refractivity contribution in [1.82, 2.24) is 5.32 Å². The first kappa shape index (κ1) is 26.2. The molecule has 0 aliphatic carbocycles. The Morgan fingerprint density at radius 1 is 0.946 bits per heavy atom. The summed E-state index contributed by atoms with van der Waals surface area (Å²) in [7, 11) is 5.87. The van der Waals surface area contributed by atoms with Gasteiger partial charge in [0, 0.05) is 17.9 Å². The lowest BCUT2D eigenvalue weighted by molar-refractivity contribution is 0.0600. The van der Waals surface area contributed by atoms with Gasteiger partial charge in [-0.15, -0.1) is 11.8 Å². The number of benzene rings is 3. The number of hydrogen-bond acceptors (Lipinski definition) is 8. The first-order valence-corrected chi connectivity index (χ1v) is 12.7. The molecule has 4 rings (SSSR count). The predicted octanol–water partition coefficient (Wildman–Crippen LogP) is 4.64. The summed E-state index contributed by atoms with van der Waals surface area (Å²) in [5.74, 6) is 1.80. The molecule has 9 heteroatoms. The van der Waals surface area contributed by atoms with Gasteiger partial charge in [0.15, 0.2) is 11.5 Å². The van der Waals surface area contributed by atoms with Crippen molar-refractivity contribution in [2.45, 2.75) is 11.9 Å². The minimum absolute atomic E-state index is 0.0918. The van der Waals surface area contributed by atoms with Crippen LogP contribution in [0.25, 0.3) is 0 Å². The quantitative estimate of drug-likeness (QED) is 0.320. The molecule has 8 nitrogen and oxygen atoms in total. The zero-order chi connectivity index (χ0) is 26.4. The van der Waals surface area contributed by atoms with Crippen molar-refractivity contribution in [2.75, 3.05) is 40.7 Å². The van der Waals surface area contributed by atoms with Crippen molar-refractivity contribution in [3.05, 3.63) is 82.4 Å². The third-order valence-electron chi connectivity index (χ3n) is 6.06. The lowest BCUT2D eigenvalue weighted by Gasteiger charge is -2.20. The molecule has 1 aliphatic heterocycles. The van der Waals surface area contributed by atoms with Gasteiger partial charge in [-0.05, 0) is 41.5 Å². The second-order valence-electron chi connectivity index (χ2n) is 8.12. The predicted molar refractivity (Wildman–Crippen MR) is 141 cm³/mol. The Labute approximate surface area is 220 Å². The molecule has 1 aliphatic rings. The molecule has 1 unspecified atom stereocenters. The number of rotatable bonds is 9. The van der Waals surface area contributed by atoms with E-state index in [1.54, 1.807) is 30.0 Å². The molecule has 1 N–H and O–H groups in total. The van der Waals surface area contributed by atoms with Crippen LogP contribution in [-0.4, -0.2) is 52.6 Å². The van der Waals surface area contributed by atoms with E-state index >= 15 is 0 Å². The molecule has 1 heterocycles. The van der Waals surface area contributed by atoms with Gasteiger partial charge in [-0.25, -0.2) is 4.79 Å². The summed E-state index contributed by atoms with van der Waals surface area (Å²) in [5, 5.41) is 2.87. The number of hydrogen-bond donors (Lipinski definition) is 1. The van der Waals surface area contributed by atoms with E-state index in [1.165, 1.54) is 28.4 Å². The summed E-state index contributed by atoms with van der Waals surface area (Å²) < 4.78 is 27.1. The Bertz CT molecular complexity index is 1290. The summed E-state index contributed by atoms with van der Waals surface area (Å²) in [6.07, 6.45) is 0. The van der Waals surface area contributed by atoms with E-state index in [1.807, 2.05) is 30.3 Å². The third-order valence-corrected chi connectivity index (χ3v) is 7.34. The Morgan fingerprint density at radius 3 is 2.46 bits per heavy atom. The van der Waals surface area contributed by atoms with Crippen LogP contribution in [0.3, 0.4) is 0 Å². The Hall–Kier alpha value is -3.85. The molecule has 0 aromatic heterocycles. The van der Waals surface area contributed by atoms with Gasteiger partial charge in [0.2, 0.25) is 5.75 Å². The minimum Gasteiger partial charge on any atom is -0.493 e. The van der Waals surface area contributed by atoms with Gasteiger partial charge in [0.25, 0.3) is 5.91 Å². The normalized spacial score (nSPS) is 13.8. The third kappa shape index (κ3) is 5.46. The zero-order valence-corrected chi connectivity index (χ0v) is 22.0. The average molecular weight is 524 g/mol. The smallest absolute Gasteiger partial charge is 0.337 e. The molecule has 0 radical (unpaired) electrons. The number of methoxy groups -OCH3 is 4. The maximum Gasteiger partial charge on any atom is 0.337 e. The number of nitrogens with one attached hydrogen (secondary N) is 1. The summed E-state index contributed by atoms with van der Waals surface area (Å²) in [4.78, 5) is 25.2. The van der Waals surface area contributed by atoms with Crippen LogP contribution < -0.4 is 24.3 Å². The fourth-order valence-corrected chi connectivity index (χ4v) is 5.50. The molecular formula is C28H29NO7S. The van der Waals surface area contributed by atoms with Crippen molar-refractivity contribution in [1.29, 1.82) is 0 Å². The highest BCUT2D eigenvalue weighted by Crippen LogP contribution is 2.44. The van der Waals surface area contributed by atoms with E-state index in [4.69, 9.17) is 23.7 Å². The highest BCUT2D eigenvalue weighted by molar-refractivity contribution is 7.99. The second kappa shape index (κ2) is 11.9. The Morgan fingerprint density at radius 2 is 1.73 bits per heavy atom. The van der Waals surface area contributed by atoms with Crippen molar-refractivity contribution >= 4 is 23.6 Å². The van der Waals surface area contributed by atoms with Gasteiger partial charge in [0.1, 0.15) is 12.4 Å². The molecule has 37 heavy (non-hydrogen) atoms. The number of ether oxygens (including phenoxy) is 5. The maximum absolute atomic E-state index is 13.0. The van der Waals surface area contributed by atoms with Crippen LogP contribution >= 0.6 is 11.8 Å². The highest BCUT2D eigenvalue weighted by Gasteiger charge is 2.27. The van der Waals surface area contributed by atoms with Gasteiger partial charge in [-0.1, -0.05) is 24.3 Å². The molecule has 194 valence electrons. The molecule has 3 aromatic carbocycles. The highest BCUT2D eigenvalue weighted by atomic mass is 32.2. The largest absolute Gasteiger partial charge is 0.493 e. The average Bonchev–Trinajstić information content (AvgIpc) is 3.10. The summed E-state index contributed by atoms with van der Waals surface area (Å²) in [6, 6.07) is 16.8. The topological polar surface area (TPSA) is 92.3 Å². The first-order chi connectivity index (χ1) is 18.0. The lowest BCUT2D eigenvalue weighted by Crippen LogP contribution is -2.26. The molecule has 1 amide bonds. The van der Waals surface area contributed by atoms with Crippen molar-refractivity contribution in [2.24, 2.45) is 0 Å². The SMILES string of the molecule is COC(=O)c1ccc2c(c1)C(SCCNC(=O)c1ccc(OC)c(OC)c1OC)c1ccccc1CO2. The van der Waals surface area contributed by atoms with E-state index in [0.717, 1.165) is 22.4 Å². The number of amides is 1. The number of esters is 1. The monoisotopic (exact) mass is 523 g/mol. The van der Waals surface area contributed by atoms with Crippen LogP contribution in [0.1, 0.15) is 42.7 Å². The van der Waals surface area contributed by atoms with Crippen molar-refractivity contribution < 1.29 is 33.3 Å². The maximum atomic E-state index is 13.0. The van der Waals surface area contributed by atoms with Gasteiger partial charge < -0.3 is 29.0 Å². The zero-order valence-electron chi connectivity index (χ0n) is 21.2. The number of fused-ring (bicyclic) bond motifs is 2. The van der Waals surface area contributed by atoms with Crippen LogP contribution in [0, 0.1) is 0 Å². The summed E-state index contributed by atoms with van der Waals surface area (Å²) in [5.41, 5.74) is 3.90. The molecule has 0 spiro atoms. The van der Waals surface area contributed by atoms with Crippen LogP contribution in [-0.2, 0) is 11.3 Å². The minimum atomic E-state index is -0.403. The molecule has 1 atom stereocenters. The van der Waals surface area contributed by atoms with Crippen LogP contribution in [0.15, 0.2) is 54.6 Å². The van der Waals surface area contributed by atoms with E-state index in [-0.39, 0.29) is 11.2 Å². The summed E-state index contributed by atoms with van der Waals surface area (Å²) >= 11 is 1.66. The number of thioether (sulfide) groups is 1. The van der Waals surface area contributed by atoms with Crippen LogP contribution in [0.2, 0.25) is 0 Å². The van der Waals surface area contributed by atoms with Gasteiger partial charge in [-0.2, -0.15) is 0 Å². The van der Waals surface area contributed by atoms with Crippen LogP contribution in [0.4, 0.5) is 0 Å². The number of carbonyl (C=O) groups excluding carboxylic acids is 2. The summed E-state index contributed by atoms with van der Waals surface area (Å²) in [6.45, 7) is 0.847. The van der Waals surface area contributed by atoms with Gasteiger partial charge in [0.05, 0.1) is 44.8 Å². The van der Waals surface area contributed by atoms with Gasteiger partial charge in [-0.3, -0.25) is 4.79 Å². The van der Waals surface area contributed by atoms with Crippen LogP contribution in [0.5, 0.6) is 23.0 Å². The standard InChI is InChI=1S/C28H29NO7S/c1-32-23-12-10-20(24(33-2)25(23)34-3)27(30)29-13-14-37-26-19-8-6-5-7-18(19)16-36-22-11-9-17(15-21(22)26)28(31)35-4/h5-12,15,26H,13-14,16H2,1-4H3,(H,29,30). The fourth-order valence-electron chi connectivity index (χ4n) is 4.27. The molecule has 0 saturated carbocycles. The molecular weight excluding hydrogens is 494 g/mol. The molecule has 0 bridgehead atoms. The second-order valence-corrected chi connectivity index (χ2v) is 9.33. The van der Waals surface area contributed by atoms with E-state index in [0.29, 0.717) is 47.3 Å². The van der Waals surface area contributed by atoms with Crippen molar-refractivity contribution in [3.8, 4) is 23.0 Å². The van der Waals surface area contributed by atoms with E-state index < -0.39 is 5.97 Å². The fraction of sp³-hybridized carbons (Fsp3) is 0.286. The lowest BCUT2D eigenvalue weighted by atomic mass is 9.98. The van der Waals surface area contributed by atoms with Crippen molar-refractivity contribution in [3.63, 3.8) is 0 Å². The molecule has 0 fully saturated rings. The first-order valence-electron chi connectivity index (χ1n) is 11.6. The van der Waals surface area contributed by atoms with E-state index in [9.17, 15) is 9.59 Å². The molecule has 3 aromatic rings. The number of carbonyl (C=O) groups is 2. The van der Waals surface area contributed by atoms with E-state index in [2.05, 4.69) is 11.4 Å². The Kier molecular flexibility index (Phi) is 8.45. The Balaban J connectivity index is 1.52. The van der Waals surface area contributed by atoms with Gasteiger partial charge >= 0.3 is 5.97 Å².